The summed E-state index contributed by atoms with van der Waals surface area (Å²) in [5.74, 6) is 1.66. The number of hydrogen-bond donors (Lipinski definition) is 0. The first-order valence-electron chi connectivity index (χ1n) is 7.33. The van der Waals surface area contributed by atoms with E-state index in [4.69, 9.17) is 4.74 Å². The highest BCUT2D eigenvalue weighted by Gasteiger charge is 2.12. The number of nitrogens with zero attached hydrogens (tertiary/aromatic N) is 3. The predicted octanol–water partition coefficient (Wildman–Crippen LogP) is 4.80. The highest BCUT2D eigenvalue weighted by atomic mass is 32.1. The van der Waals surface area contributed by atoms with Gasteiger partial charge in [-0.2, -0.15) is 0 Å². The molecule has 2 aromatic carbocycles. The van der Waals surface area contributed by atoms with E-state index in [-0.39, 0.29) is 0 Å². The van der Waals surface area contributed by atoms with Crippen molar-refractivity contribution >= 4 is 22.2 Å². The Bertz CT molecular complexity index is 973. The molecule has 0 bridgehead atoms. The van der Waals surface area contributed by atoms with E-state index in [0.29, 0.717) is 0 Å². The van der Waals surface area contributed by atoms with Crippen LogP contribution < -0.4 is 4.74 Å². The quantitative estimate of drug-likeness (QED) is 0.544. The Kier molecular flexibility index (Phi) is 3.35. The van der Waals surface area contributed by atoms with Crippen LogP contribution in [0, 0.1) is 6.92 Å². The Labute approximate surface area is 138 Å². The van der Waals surface area contributed by atoms with Crippen LogP contribution in [0.3, 0.4) is 0 Å². The number of hydrogen-bond acceptors (Lipinski definition) is 4. The van der Waals surface area contributed by atoms with Gasteiger partial charge in [0.15, 0.2) is 5.01 Å². The van der Waals surface area contributed by atoms with Crippen LogP contribution in [0.1, 0.15) is 5.01 Å². The first kappa shape index (κ1) is 14.0. The molecule has 0 aliphatic rings. The monoisotopic (exact) mass is 321 g/mol. The number of benzene rings is 2. The fraction of sp³-hybridized carbons (Fsp3) is 0.111. The first-order valence-corrected chi connectivity index (χ1v) is 8.15. The molecule has 2 heterocycles. The lowest BCUT2D eigenvalue weighted by Crippen LogP contribution is -1.90. The van der Waals surface area contributed by atoms with Crippen molar-refractivity contribution in [2.75, 3.05) is 0 Å². The predicted molar refractivity (Wildman–Crippen MR) is 93.1 cm³/mol. The third-order valence-corrected chi connectivity index (χ3v) is 4.60. The van der Waals surface area contributed by atoms with E-state index in [1.165, 1.54) is 0 Å². The minimum absolute atomic E-state index is 0.828. The Hall–Kier alpha value is -2.66. The van der Waals surface area contributed by atoms with E-state index in [2.05, 4.69) is 33.0 Å². The van der Waals surface area contributed by atoms with Gasteiger partial charge in [-0.25, -0.2) is 0 Å². The molecule has 0 atom stereocenters. The number of aromatic nitrogens is 3. The number of para-hydroxylation sites is 1. The summed E-state index contributed by atoms with van der Waals surface area (Å²) in [4.78, 5) is 0. The third-order valence-electron chi connectivity index (χ3n) is 3.74. The van der Waals surface area contributed by atoms with Gasteiger partial charge in [0.05, 0.1) is 5.69 Å². The molecule has 4 rings (SSSR count). The summed E-state index contributed by atoms with van der Waals surface area (Å²) in [7, 11) is 2.05. The van der Waals surface area contributed by atoms with Crippen molar-refractivity contribution < 1.29 is 4.74 Å². The van der Waals surface area contributed by atoms with Gasteiger partial charge in [-0.05, 0) is 43.3 Å². The van der Waals surface area contributed by atoms with Crippen molar-refractivity contribution in [1.29, 1.82) is 0 Å². The molecule has 0 spiro atoms. The van der Waals surface area contributed by atoms with E-state index >= 15 is 0 Å². The van der Waals surface area contributed by atoms with Crippen molar-refractivity contribution in [3.05, 3.63) is 59.6 Å². The Morgan fingerprint density at radius 2 is 1.78 bits per heavy atom. The fourth-order valence-electron chi connectivity index (χ4n) is 2.62. The maximum absolute atomic E-state index is 5.91. The molecule has 0 saturated carbocycles. The average molecular weight is 321 g/mol. The van der Waals surface area contributed by atoms with Crippen LogP contribution in [0.5, 0.6) is 11.5 Å². The zero-order valence-electron chi connectivity index (χ0n) is 12.9. The summed E-state index contributed by atoms with van der Waals surface area (Å²) in [6, 6.07) is 18.1. The summed E-state index contributed by atoms with van der Waals surface area (Å²) in [6.07, 6.45) is 0. The van der Waals surface area contributed by atoms with Crippen molar-refractivity contribution in [1.82, 2.24) is 14.8 Å². The van der Waals surface area contributed by atoms with E-state index in [1.54, 1.807) is 11.3 Å². The topological polar surface area (TPSA) is 39.9 Å². The molecule has 2 aromatic heterocycles. The van der Waals surface area contributed by atoms with Gasteiger partial charge in [0.1, 0.15) is 16.5 Å². The molecule has 4 aromatic rings. The van der Waals surface area contributed by atoms with Crippen molar-refractivity contribution in [2.45, 2.75) is 6.92 Å². The van der Waals surface area contributed by atoms with Gasteiger partial charge in [-0.15, -0.1) is 10.2 Å². The molecule has 0 aliphatic heterocycles. The molecule has 0 aliphatic carbocycles. The number of aryl methyl sites for hydroxylation is 2. The van der Waals surface area contributed by atoms with Crippen LogP contribution >= 0.6 is 11.3 Å². The minimum Gasteiger partial charge on any atom is -0.457 e. The van der Waals surface area contributed by atoms with Crippen LogP contribution in [0.2, 0.25) is 0 Å². The first-order chi connectivity index (χ1) is 11.2. The van der Waals surface area contributed by atoms with Crippen molar-refractivity contribution in [2.24, 2.45) is 7.05 Å². The van der Waals surface area contributed by atoms with Gasteiger partial charge < -0.3 is 9.30 Å². The smallest absolute Gasteiger partial charge is 0.164 e. The van der Waals surface area contributed by atoms with Gasteiger partial charge in [-0.1, -0.05) is 29.5 Å². The maximum Gasteiger partial charge on any atom is 0.164 e. The van der Waals surface area contributed by atoms with Crippen LogP contribution in [0.25, 0.3) is 21.6 Å². The molecular weight excluding hydrogens is 306 g/mol. The molecule has 4 nitrogen and oxygen atoms in total. The molecule has 5 heteroatoms. The molecule has 0 radical (unpaired) electrons. The van der Waals surface area contributed by atoms with Crippen molar-refractivity contribution in [3.63, 3.8) is 0 Å². The molecule has 0 amide bonds. The van der Waals surface area contributed by atoms with Crippen LogP contribution in [0.4, 0.5) is 0 Å². The summed E-state index contributed by atoms with van der Waals surface area (Å²) in [6.45, 7) is 1.97. The van der Waals surface area contributed by atoms with E-state index in [0.717, 1.165) is 38.1 Å². The maximum atomic E-state index is 5.91. The Morgan fingerprint density at radius 3 is 2.52 bits per heavy atom. The molecule has 114 valence electrons. The van der Waals surface area contributed by atoms with E-state index in [9.17, 15) is 0 Å². The lowest BCUT2D eigenvalue weighted by molar-refractivity contribution is 0.483. The molecule has 0 N–H and O–H groups in total. The molecule has 0 unspecified atom stereocenters. The zero-order chi connectivity index (χ0) is 15.8. The van der Waals surface area contributed by atoms with Gasteiger partial charge >= 0.3 is 0 Å². The molecular formula is C18H15N3OS. The number of ether oxygens (including phenoxy) is 1. The molecule has 23 heavy (non-hydrogen) atoms. The Morgan fingerprint density at radius 1 is 0.957 bits per heavy atom. The summed E-state index contributed by atoms with van der Waals surface area (Å²) >= 11 is 1.60. The largest absolute Gasteiger partial charge is 0.457 e. The van der Waals surface area contributed by atoms with Crippen LogP contribution in [-0.4, -0.2) is 14.8 Å². The second-order valence-corrected chi connectivity index (χ2v) is 6.53. The normalized spacial score (nSPS) is 11.0. The Balaban J connectivity index is 1.75. The van der Waals surface area contributed by atoms with E-state index < -0.39 is 0 Å². The molecule has 0 saturated heterocycles. The average Bonchev–Trinajstić information content (AvgIpc) is 3.12. The number of fused-ring (bicyclic) bond motifs is 1. The van der Waals surface area contributed by atoms with Crippen molar-refractivity contribution in [3.8, 4) is 22.2 Å². The summed E-state index contributed by atoms with van der Waals surface area (Å²) in [5, 5.41) is 11.4. The second kappa shape index (κ2) is 5.52. The lowest BCUT2D eigenvalue weighted by atomic mass is 10.2. The SMILES string of the molecule is Cc1nnc(-c2cc3cc(Oc4ccccc4)ccc3n2C)s1. The zero-order valence-corrected chi connectivity index (χ0v) is 13.7. The second-order valence-electron chi connectivity index (χ2n) is 5.35. The van der Waals surface area contributed by atoms with Gasteiger partial charge in [-0.3, -0.25) is 0 Å². The lowest BCUT2D eigenvalue weighted by Gasteiger charge is -2.06. The van der Waals surface area contributed by atoms with Crippen LogP contribution in [0.15, 0.2) is 54.6 Å². The minimum atomic E-state index is 0.828. The fourth-order valence-corrected chi connectivity index (χ4v) is 3.36. The standard InChI is InChI=1S/C18H15N3OS/c1-12-19-20-18(23-12)17-11-13-10-15(8-9-16(13)21(17)2)22-14-6-4-3-5-7-14/h3-11H,1-2H3. The van der Waals surface area contributed by atoms with Gasteiger partial charge in [0.2, 0.25) is 0 Å². The highest BCUT2D eigenvalue weighted by Crippen LogP contribution is 2.32. The summed E-state index contributed by atoms with van der Waals surface area (Å²) < 4.78 is 8.05. The van der Waals surface area contributed by atoms with Crippen LogP contribution in [-0.2, 0) is 7.05 Å². The van der Waals surface area contributed by atoms with Gasteiger partial charge in [0, 0.05) is 18.0 Å². The number of rotatable bonds is 3. The third kappa shape index (κ3) is 2.59. The summed E-state index contributed by atoms with van der Waals surface area (Å²) in [5.41, 5.74) is 2.22. The van der Waals surface area contributed by atoms with E-state index in [1.807, 2.05) is 50.4 Å². The molecule has 0 fully saturated rings. The van der Waals surface area contributed by atoms with Gasteiger partial charge in [0.25, 0.3) is 0 Å². The highest BCUT2D eigenvalue weighted by molar-refractivity contribution is 7.14.